The number of nitrogens with zero attached hydrogens (tertiary/aromatic N) is 2. The Labute approximate surface area is 182 Å². The molecule has 1 fully saturated rings. The largest absolute Gasteiger partial charge is 0.465 e. The van der Waals surface area contributed by atoms with E-state index < -0.39 is 0 Å². The van der Waals surface area contributed by atoms with Gasteiger partial charge >= 0.3 is 5.97 Å². The van der Waals surface area contributed by atoms with Gasteiger partial charge in [0.15, 0.2) is 0 Å². The first-order chi connectivity index (χ1) is 14.5. The van der Waals surface area contributed by atoms with Gasteiger partial charge in [-0.05, 0) is 55.3 Å². The quantitative estimate of drug-likeness (QED) is 0.685. The number of halogens is 1. The summed E-state index contributed by atoms with van der Waals surface area (Å²) in [6.07, 6.45) is 0.786. The molecule has 7 heteroatoms. The molecule has 0 aliphatic carbocycles. The van der Waals surface area contributed by atoms with E-state index in [2.05, 4.69) is 22.0 Å². The summed E-state index contributed by atoms with van der Waals surface area (Å²) < 4.78 is 4.75. The summed E-state index contributed by atoms with van der Waals surface area (Å²) in [4.78, 5) is 28.4. The summed E-state index contributed by atoms with van der Waals surface area (Å²) in [5.74, 6) is -0.284. The van der Waals surface area contributed by atoms with Crippen molar-refractivity contribution in [2.24, 2.45) is 0 Å². The minimum atomic E-state index is -0.332. The Morgan fingerprint density at radius 2 is 1.80 bits per heavy atom. The van der Waals surface area contributed by atoms with Gasteiger partial charge in [0, 0.05) is 42.9 Å². The van der Waals surface area contributed by atoms with Crippen LogP contribution in [0.1, 0.15) is 22.8 Å². The van der Waals surface area contributed by atoms with E-state index in [0.29, 0.717) is 18.7 Å². The van der Waals surface area contributed by atoms with Gasteiger partial charge in [0.1, 0.15) is 0 Å². The van der Waals surface area contributed by atoms with Gasteiger partial charge in [-0.1, -0.05) is 23.7 Å². The van der Waals surface area contributed by atoms with Crippen LogP contribution in [0.2, 0.25) is 5.02 Å². The number of hydrogen-bond acceptors (Lipinski definition) is 5. The molecule has 160 valence electrons. The van der Waals surface area contributed by atoms with Crippen LogP contribution in [0.5, 0.6) is 0 Å². The third-order valence-corrected chi connectivity index (χ3v) is 5.67. The minimum absolute atomic E-state index is 0.0479. The molecule has 0 radical (unpaired) electrons. The Morgan fingerprint density at radius 1 is 1.10 bits per heavy atom. The maximum Gasteiger partial charge on any atom is 0.337 e. The van der Waals surface area contributed by atoms with Crippen molar-refractivity contribution in [2.75, 3.05) is 44.7 Å². The maximum atomic E-state index is 12.4. The van der Waals surface area contributed by atoms with E-state index in [1.807, 2.05) is 36.4 Å². The molecule has 6 nitrogen and oxygen atoms in total. The third-order valence-electron chi connectivity index (χ3n) is 5.41. The number of carbonyl (C=O) groups excluding carboxylic acids is 2. The van der Waals surface area contributed by atoms with Crippen molar-refractivity contribution in [3.05, 3.63) is 64.7 Å². The molecule has 1 amide bonds. The number of rotatable bonds is 7. The molecule has 0 saturated carbocycles. The molecule has 2 aromatic rings. The van der Waals surface area contributed by atoms with E-state index in [-0.39, 0.29) is 17.9 Å². The van der Waals surface area contributed by atoms with E-state index >= 15 is 0 Å². The number of methoxy groups -OCH3 is 1. The van der Waals surface area contributed by atoms with Gasteiger partial charge < -0.3 is 15.0 Å². The van der Waals surface area contributed by atoms with E-state index in [4.69, 9.17) is 16.3 Å². The van der Waals surface area contributed by atoms with Gasteiger partial charge in [-0.15, -0.1) is 0 Å². The zero-order valence-electron chi connectivity index (χ0n) is 17.4. The molecule has 1 atom stereocenters. The lowest BCUT2D eigenvalue weighted by molar-refractivity contribution is -0.122. The Kier molecular flexibility index (Phi) is 7.71. The summed E-state index contributed by atoms with van der Waals surface area (Å²) in [7, 11) is 1.38. The SMILES string of the molecule is COC(=O)c1ccc(N2CCN(CC(=O)NCCc3ccc(Cl)cc3)C(C)C2)cc1. The highest BCUT2D eigenvalue weighted by molar-refractivity contribution is 6.30. The van der Waals surface area contributed by atoms with Gasteiger partial charge in [-0.25, -0.2) is 4.79 Å². The van der Waals surface area contributed by atoms with E-state index in [9.17, 15) is 9.59 Å². The van der Waals surface area contributed by atoms with Crippen molar-refractivity contribution in [3.8, 4) is 0 Å². The number of anilines is 1. The second-order valence-corrected chi connectivity index (χ2v) is 7.97. The van der Waals surface area contributed by atoms with Gasteiger partial charge in [0.25, 0.3) is 0 Å². The predicted molar refractivity (Wildman–Crippen MR) is 119 cm³/mol. The molecule has 1 N–H and O–H groups in total. The first-order valence-electron chi connectivity index (χ1n) is 10.1. The number of carbonyl (C=O) groups is 2. The average Bonchev–Trinajstić information content (AvgIpc) is 2.76. The van der Waals surface area contributed by atoms with Gasteiger partial charge in [-0.2, -0.15) is 0 Å². The highest BCUT2D eigenvalue weighted by Gasteiger charge is 2.25. The fourth-order valence-corrected chi connectivity index (χ4v) is 3.75. The molecule has 2 aromatic carbocycles. The second kappa shape index (κ2) is 10.5. The number of hydrogen-bond donors (Lipinski definition) is 1. The summed E-state index contributed by atoms with van der Waals surface area (Å²) >= 11 is 5.90. The first-order valence-corrected chi connectivity index (χ1v) is 10.5. The summed E-state index contributed by atoms with van der Waals surface area (Å²) in [5, 5.41) is 3.73. The number of nitrogens with one attached hydrogen (secondary N) is 1. The standard InChI is InChI=1S/C23H28ClN3O3/c1-17-15-27(21-9-5-19(6-10-21)23(29)30-2)14-13-26(17)16-22(28)25-12-11-18-3-7-20(24)8-4-18/h3-10,17H,11-16H2,1-2H3,(H,25,28). The number of piperazine rings is 1. The van der Waals surface area contributed by atoms with Crippen LogP contribution < -0.4 is 10.2 Å². The summed E-state index contributed by atoms with van der Waals surface area (Å²) in [6, 6.07) is 15.4. The van der Waals surface area contributed by atoms with Crippen molar-refractivity contribution < 1.29 is 14.3 Å². The molecule has 1 saturated heterocycles. The molecule has 1 unspecified atom stereocenters. The normalized spacial score (nSPS) is 16.9. The van der Waals surface area contributed by atoms with Crippen molar-refractivity contribution >= 4 is 29.2 Å². The molecule has 1 heterocycles. The van der Waals surface area contributed by atoms with Crippen LogP contribution in [0.4, 0.5) is 5.69 Å². The van der Waals surface area contributed by atoms with Crippen LogP contribution in [0.3, 0.4) is 0 Å². The number of ether oxygens (including phenoxy) is 1. The topological polar surface area (TPSA) is 61.9 Å². The molecule has 3 rings (SSSR count). The maximum absolute atomic E-state index is 12.4. The highest BCUT2D eigenvalue weighted by atomic mass is 35.5. The zero-order chi connectivity index (χ0) is 21.5. The Morgan fingerprint density at radius 3 is 2.43 bits per heavy atom. The van der Waals surface area contributed by atoms with Gasteiger partial charge in [0.05, 0.1) is 19.2 Å². The molecule has 0 spiro atoms. The third kappa shape index (κ3) is 5.97. The van der Waals surface area contributed by atoms with Gasteiger partial charge in [-0.3, -0.25) is 9.69 Å². The molecule has 0 aromatic heterocycles. The Bertz CT molecular complexity index is 855. The highest BCUT2D eigenvalue weighted by Crippen LogP contribution is 2.20. The Hall–Kier alpha value is -2.57. The summed E-state index contributed by atoms with van der Waals surface area (Å²) in [5.41, 5.74) is 2.77. The molecule has 0 bridgehead atoms. The lowest BCUT2D eigenvalue weighted by atomic mass is 10.1. The van der Waals surface area contributed by atoms with E-state index in [1.165, 1.54) is 7.11 Å². The first kappa shape index (κ1) is 22.1. The summed E-state index contributed by atoms with van der Waals surface area (Å²) in [6.45, 7) is 5.62. The molecular formula is C23H28ClN3O3. The molecule has 1 aliphatic rings. The lowest BCUT2D eigenvalue weighted by Gasteiger charge is -2.40. The van der Waals surface area contributed by atoms with Crippen LogP contribution in [0.15, 0.2) is 48.5 Å². The molecule has 1 aliphatic heterocycles. The average molecular weight is 430 g/mol. The number of benzene rings is 2. The molecular weight excluding hydrogens is 402 g/mol. The van der Waals surface area contributed by atoms with E-state index in [0.717, 1.165) is 42.3 Å². The smallest absolute Gasteiger partial charge is 0.337 e. The van der Waals surface area contributed by atoms with Crippen molar-refractivity contribution in [3.63, 3.8) is 0 Å². The van der Waals surface area contributed by atoms with Crippen LogP contribution >= 0.6 is 11.6 Å². The number of esters is 1. The monoisotopic (exact) mass is 429 g/mol. The van der Waals surface area contributed by atoms with E-state index in [1.54, 1.807) is 12.1 Å². The Balaban J connectivity index is 1.44. The minimum Gasteiger partial charge on any atom is -0.465 e. The van der Waals surface area contributed by atoms with Crippen molar-refractivity contribution in [1.82, 2.24) is 10.2 Å². The number of amides is 1. The zero-order valence-corrected chi connectivity index (χ0v) is 18.2. The molecule has 30 heavy (non-hydrogen) atoms. The predicted octanol–water partition coefficient (Wildman–Crippen LogP) is 3.00. The fraction of sp³-hybridized carbons (Fsp3) is 0.391. The van der Waals surface area contributed by atoms with Gasteiger partial charge in [0.2, 0.25) is 5.91 Å². The van der Waals surface area contributed by atoms with Crippen molar-refractivity contribution in [1.29, 1.82) is 0 Å². The van der Waals surface area contributed by atoms with Crippen molar-refractivity contribution in [2.45, 2.75) is 19.4 Å². The van der Waals surface area contributed by atoms with Crippen LogP contribution in [-0.2, 0) is 16.0 Å². The van der Waals surface area contributed by atoms with Crippen LogP contribution in [0.25, 0.3) is 0 Å². The fourth-order valence-electron chi connectivity index (χ4n) is 3.63. The second-order valence-electron chi connectivity index (χ2n) is 7.53. The lowest BCUT2D eigenvalue weighted by Crippen LogP contribution is -2.54. The van der Waals surface area contributed by atoms with Crippen LogP contribution in [0, 0.1) is 0 Å². The van der Waals surface area contributed by atoms with Crippen LogP contribution in [-0.4, -0.2) is 62.7 Å².